The molecular formula is C21H19BrO6. The lowest BCUT2D eigenvalue weighted by Gasteiger charge is -2.29. The summed E-state index contributed by atoms with van der Waals surface area (Å²) in [4.78, 5) is 24.2. The number of rotatable bonds is 5. The van der Waals surface area contributed by atoms with Crippen LogP contribution in [-0.2, 0) is 25.7 Å². The van der Waals surface area contributed by atoms with Crippen LogP contribution in [0.15, 0.2) is 52.5 Å². The third-order valence-corrected chi connectivity index (χ3v) is 4.39. The van der Waals surface area contributed by atoms with Gasteiger partial charge in [0.15, 0.2) is 11.5 Å². The van der Waals surface area contributed by atoms with Crippen LogP contribution in [0.4, 0.5) is 0 Å². The molecule has 0 aromatic heterocycles. The van der Waals surface area contributed by atoms with Crippen molar-refractivity contribution in [3.05, 3.63) is 63.6 Å². The summed E-state index contributed by atoms with van der Waals surface area (Å²) >= 11 is 3.43. The Morgan fingerprint density at radius 2 is 1.75 bits per heavy atom. The van der Waals surface area contributed by atoms with Crippen molar-refractivity contribution in [2.24, 2.45) is 0 Å². The van der Waals surface area contributed by atoms with Gasteiger partial charge >= 0.3 is 11.9 Å². The van der Waals surface area contributed by atoms with E-state index >= 15 is 0 Å². The molecule has 1 aliphatic heterocycles. The minimum Gasteiger partial charge on any atom is -0.493 e. The smallest absolute Gasteiger partial charge is 0.348 e. The zero-order valence-electron chi connectivity index (χ0n) is 15.7. The van der Waals surface area contributed by atoms with Crippen LogP contribution in [0, 0.1) is 0 Å². The lowest BCUT2D eigenvalue weighted by molar-refractivity contribution is -0.222. The SMILES string of the molecule is COc1cc(C=C2C(=O)OC(C)(C)OC2=O)ccc1OCc1cccc(Br)c1. The van der Waals surface area contributed by atoms with Gasteiger partial charge in [-0.1, -0.05) is 34.1 Å². The monoisotopic (exact) mass is 446 g/mol. The maximum atomic E-state index is 12.1. The molecule has 0 spiro atoms. The van der Waals surface area contributed by atoms with E-state index in [9.17, 15) is 9.59 Å². The average molecular weight is 447 g/mol. The molecule has 0 N–H and O–H groups in total. The van der Waals surface area contributed by atoms with E-state index < -0.39 is 17.7 Å². The van der Waals surface area contributed by atoms with E-state index in [4.69, 9.17) is 18.9 Å². The summed E-state index contributed by atoms with van der Waals surface area (Å²) in [5, 5.41) is 0. The molecule has 0 unspecified atom stereocenters. The van der Waals surface area contributed by atoms with Crippen molar-refractivity contribution in [3.63, 3.8) is 0 Å². The predicted molar refractivity (Wildman–Crippen MR) is 106 cm³/mol. The molecule has 3 rings (SSSR count). The van der Waals surface area contributed by atoms with Crippen molar-refractivity contribution in [1.29, 1.82) is 0 Å². The normalized spacial score (nSPS) is 15.5. The number of esters is 2. The highest BCUT2D eigenvalue weighted by molar-refractivity contribution is 9.10. The number of carbonyl (C=O) groups is 2. The summed E-state index contributed by atoms with van der Waals surface area (Å²) in [7, 11) is 1.52. The van der Waals surface area contributed by atoms with E-state index in [-0.39, 0.29) is 5.57 Å². The molecule has 2 aromatic carbocycles. The Bertz CT molecular complexity index is 926. The maximum absolute atomic E-state index is 12.1. The fourth-order valence-electron chi connectivity index (χ4n) is 2.63. The zero-order valence-corrected chi connectivity index (χ0v) is 17.2. The predicted octanol–water partition coefficient (Wildman–Crippen LogP) is 4.26. The van der Waals surface area contributed by atoms with Crippen molar-refractivity contribution in [2.75, 3.05) is 7.11 Å². The second-order valence-corrected chi connectivity index (χ2v) is 7.48. The van der Waals surface area contributed by atoms with E-state index in [1.165, 1.54) is 27.0 Å². The minimum atomic E-state index is -1.27. The van der Waals surface area contributed by atoms with Crippen LogP contribution >= 0.6 is 15.9 Å². The molecule has 1 saturated heterocycles. The van der Waals surface area contributed by atoms with Gasteiger partial charge in [0.25, 0.3) is 5.79 Å². The Balaban J connectivity index is 1.79. The average Bonchev–Trinajstić information content (AvgIpc) is 2.62. The Kier molecular flexibility index (Phi) is 5.74. The van der Waals surface area contributed by atoms with Gasteiger partial charge in [0.1, 0.15) is 12.2 Å². The fraction of sp³-hybridized carbons (Fsp3) is 0.238. The van der Waals surface area contributed by atoms with Crippen LogP contribution in [0.3, 0.4) is 0 Å². The number of carbonyl (C=O) groups excluding carboxylic acids is 2. The molecule has 0 amide bonds. The van der Waals surface area contributed by atoms with E-state index in [1.807, 2.05) is 24.3 Å². The number of hydrogen-bond acceptors (Lipinski definition) is 6. The van der Waals surface area contributed by atoms with Crippen LogP contribution < -0.4 is 9.47 Å². The van der Waals surface area contributed by atoms with E-state index in [0.717, 1.165) is 10.0 Å². The number of ether oxygens (including phenoxy) is 4. The summed E-state index contributed by atoms with van der Waals surface area (Å²) in [5.41, 5.74) is 1.40. The van der Waals surface area contributed by atoms with E-state index in [0.29, 0.717) is 23.7 Å². The third kappa shape index (κ3) is 4.72. The number of cyclic esters (lactones) is 2. The summed E-state index contributed by atoms with van der Waals surface area (Å²) in [5.74, 6) is -1.71. The van der Waals surface area contributed by atoms with Crippen molar-refractivity contribution in [1.82, 2.24) is 0 Å². The van der Waals surface area contributed by atoms with Gasteiger partial charge in [0, 0.05) is 18.3 Å². The minimum absolute atomic E-state index is 0.177. The lowest BCUT2D eigenvalue weighted by Crippen LogP contribution is -2.41. The standard InChI is InChI=1S/C21H19BrO6/c1-21(2)27-19(23)16(20(24)28-21)10-13-7-8-17(18(11-13)25-3)26-12-14-5-4-6-15(22)9-14/h4-11H,12H2,1-3H3. The molecular weight excluding hydrogens is 428 g/mol. The molecule has 0 radical (unpaired) electrons. The Labute approximate surface area is 171 Å². The third-order valence-electron chi connectivity index (χ3n) is 3.90. The van der Waals surface area contributed by atoms with Crippen molar-refractivity contribution in [3.8, 4) is 11.5 Å². The van der Waals surface area contributed by atoms with Gasteiger partial charge in [0.2, 0.25) is 0 Å². The van der Waals surface area contributed by atoms with Gasteiger partial charge in [-0.05, 0) is 41.5 Å². The second-order valence-electron chi connectivity index (χ2n) is 6.57. The molecule has 2 aromatic rings. The number of benzene rings is 2. The molecule has 0 saturated carbocycles. The maximum Gasteiger partial charge on any atom is 0.348 e. The highest BCUT2D eigenvalue weighted by atomic mass is 79.9. The van der Waals surface area contributed by atoms with Crippen molar-refractivity contribution < 1.29 is 28.5 Å². The number of hydrogen-bond donors (Lipinski definition) is 0. The van der Waals surface area contributed by atoms with Crippen LogP contribution in [0.25, 0.3) is 6.08 Å². The molecule has 0 atom stereocenters. The fourth-order valence-corrected chi connectivity index (χ4v) is 3.07. The molecule has 7 heteroatoms. The topological polar surface area (TPSA) is 71.1 Å². The van der Waals surface area contributed by atoms with Gasteiger partial charge in [-0.15, -0.1) is 0 Å². The highest BCUT2D eigenvalue weighted by Gasteiger charge is 2.38. The summed E-state index contributed by atoms with van der Waals surface area (Å²) in [6, 6.07) is 12.9. The number of methoxy groups -OCH3 is 1. The molecule has 28 heavy (non-hydrogen) atoms. The van der Waals surface area contributed by atoms with Crippen LogP contribution in [0.5, 0.6) is 11.5 Å². The van der Waals surface area contributed by atoms with E-state index in [2.05, 4.69) is 15.9 Å². The first-order chi connectivity index (χ1) is 13.3. The molecule has 1 fully saturated rings. The van der Waals surface area contributed by atoms with Crippen molar-refractivity contribution in [2.45, 2.75) is 26.2 Å². The number of halogens is 1. The molecule has 0 bridgehead atoms. The Hall–Kier alpha value is -2.80. The summed E-state index contributed by atoms with van der Waals surface area (Å²) < 4.78 is 22.4. The Morgan fingerprint density at radius 3 is 2.39 bits per heavy atom. The quantitative estimate of drug-likeness (QED) is 0.388. The molecule has 1 heterocycles. The van der Waals surface area contributed by atoms with Crippen LogP contribution in [0.1, 0.15) is 25.0 Å². The summed E-state index contributed by atoms with van der Waals surface area (Å²) in [6.07, 6.45) is 1.40. The van der Waals surface area contributed by atoms with Gasteiger partial charge < -0.3 is 18.9 Å². The first-order valence-electron chi connectivity index (χ1n) is 8.51. The van der Waals surface area contributed by atoms with Crippen molar-refractivity contribution >= 4 is 33.9 Å². The summed E-state index contributed by atoms with van der Waals surface area (Å²) in [6.45, 7) is 3.37. The van der Waals surface area contributed by atoms with E-state index in [1.54, 1.807) is 18.2 Å². The molecule has 0 aliphatic carbocycles. The first-order valence-corrected chi connectivity index (χ1v) is 9.30. The first kappa shape index (κ1) is 19.9. The van der Waals surface area contributed by atoms with Gasteiger partial charge in [-0.3, -0.25) is 0 Å². The molecule has 1 aliphatic rings. The highest BCUT2D eigenvalue weighted by Crippen LogP contribution is 2.31. The largest absolute Gasteiger partial charge is 0.493 e. The van der Waals surface area contributed by atoms with Gasteiger partial charge in [-0.25, -0.2) is 9.59 Å². The van der Waals surface area contributed by atoms with Gasteiger partial charge in [0.05, 0.1) is 7.11 Å². The Morgan fingerprint density at radius 1 is 1.04 bits per heavy atom. The van der Waals surface area contributed by atoms with Crippen LogP contribution in [-0.4, -0.2) is 24.8 Å². The molecule has 6 nitrogen and oxygen atoms in total. The molecule has 146 valence electrons. The van der Waals surface area contributed by atoms with Crippen LogP contribution in [0.2, 0.25) is 0 Å². The second kappa shape index (κ2) is 8.06. The lowest BCUT2D eigenvalue weighted by atomic mass is 10.1. The zero-order chi connectivity index (χ0) is 20.3. The van der Waals surface area contributed by atoms with Gasteiger partial charge in [-0.2, -0.15) is 0 Å².